The molecule has 0 saturated carbocycles. The largest absolute Gasteiger partial charge is 0.387 e. The molecule has 1 fully saturated rings. The van der Waals surface area contributed by atoms with E-state index in [1.807, 2.05) is 0 Å². The molecule has 5 atom stereocenters. The second kappa shape index (κ2) is 7.17. The lowest BCUT2D eigenvalue weighted by molar-refractivity contribution is -0.0483. The Hall–Kier alpha value is -1.47. The molecule has 0 bridgehead atoms. The van der Waals surface area contributed by atoms with Gasteiger partial charge >= 0.3 is 15.2 Å². The number of hydrogen-bond acceptors (Lipinski definition) is 10. The molecule has 0 radical (unpaired) electrons. The lowest BCUT2D eigenvalue weighted by Crippen LogP contribution is -2.33. The summed E-state index contributed by atoms with van der Waals surface area (Å²) in [7, 11) is -9.42. The standard InChI is InChI=1S/C11H17N5O9P2/c12-9-6-10(14-2-13-9)16(3-15-6)11-8(18)7(17)5(25-11)1-24-27(22,23)4-26(19,20)21/h2-3,5,7-8,11,17-18H,1,4H2,(H,22,23)(H2,12,13,14)(H2,19,20,21). The average Bonchev–Trinajstić information content (AvgIpc) is 3.07. The minimum atomic E-state index is -4.79. The van der Waals surface area contributed by atoms with Gasteiger partial charge < -0.3 is 39.9 Å². The lowest BCUT2D eigenvalue weighted by Gasteiger charge is -2.18. The molecule has 1 aliphatic heterocycles. The van der Waals surface area contributed by atoms with Crippen LogP contribution >= 0.6 is 15.2 Å². The molecule has 150 valence electrons. The highest BCUT2D eigenvalue weighted by Gasteiger charge is 2.45. The molecular weight excluding hydrogens is 408 g/mol. The van der Waals surface area contributed by atoms with Gasteiger partial charge in [-0.05, 0) is 0 Å². The highest BCUT2D eigenvalue weighted by Crippen LogP contribution is 2.55. The molecule has 1 aliphatic rings. The molecule has 27 heavy (non-hydrogen) atoms. The van der Waals surface area contributed by atoms with E-state index in [-0.39, 0.29) is 17.0 Å². The Kier molecular flexibility index (Phi) is 5.38. The molecule has 3 heterocycles. The van der Waals surface area contributed by atoms with Gasteiger partial charge in [0.1, 0.15) is 30.2 Å². The van der Waals surface area contributed by atoms with E-state index in [1.165, 1.54) is 17.2 Å². The molecule has 7 N–H and O–H groups in total. The van der Waals surface area contributed by atoms with E-state index in [4.69, 9.17) is 20.3 Å². The predicted octanol–water partition coefficient (Wildman–Crippen LogP) is -1.64. The Morgan fingerprint density at radius 3 is 2.56 bits per heavy atom. The quantitative estimate of drug-likeness (QED) is 0.286. The Morgan fingerprint density at radius 2 is 1.89 bits per heavy atom. The van der Waals surface area contributed by atoms with Crippen LogP contribution < -0.4 is 5.73 Å². The van der Waals surface area contributed by atoms with Gasteiger partial charge in [0.25, 0.3) is 0 Å². The molecular formula is C11H17N5O9P2. The van der Waals surface area contributed by atoms with Gasteiger partial charge in [-0.15, -0.1) is 0 Å². The summed E-state index contributed by atoms with van der Waals surface area (Å²) in [5.74, 6) is -1.28. The molecule has 14 nitrogen and oxygen atoms in total. The molecule has 0 spiro atoms. The van der Waals surface area contributed by atoms with Crippen molar-refractivity contribution in [2.45, 2.75) is 24.5 Å². The number of nitrogen functional groups attached to an aromatic ring is 1. The van der Waals surface area contributed by atoms with Gasteiger partial charge in [0, 0.05) is 0 Å². The van der Waals surface area contributed by atoms with Crippen LogP contribution in [0.1, 0.15) is 6.23 Å². The van der Waals surface area contributed by atoms with E-state index < -0.39 is 52.2 Å². The Balaban J connectivity index is 1.75. The molecule has 3 rings (SSSR count). The maximum absolute atomic E-state index is 11.7. The first-order valence-electron chi connectivity index (χ1n) is 7.44. The molecule has 16 heteroatoms. The second-order valence-corrected chi connectivity index (χ2v) is 9.86. The minimum Gasteiger partial charge on any atom is -0.387 e. The van der Waals surface area contributed by atoms with Crippen LogP contribution in [0.3, 0.4) is 0 Å². The van der Waals surface area contributed by atoms with E-state index >= 15 is 0 Å². The van der Waals surface area contributed by atoms with Crippen LogP contribution in [0, 0.1) is 0 Å². The zero-order valence-electron chi connectivity index (χ0n) is 13.5. The van der Waals surface area contributed by atoms with Crippen molar-refractivity contribution in [2.75, 3.05) is 18.2 Å². The van der Waals surface area contributed by atoms with Gasteiger partial charge in [-0.3, -0.25) is 13.7 Å². The van der Waals surface area contributed by atoms with Gasteiger partial charge in [0.15, 0.2) is 23.6 Å². The van der Waals surface area contributed by atoms with E-state index in [0.717, 1.165) is 0 Å². The third-order valence-corrected chi connectivity index (χ3v) is 7.26. The first kappa shape index (κ1) is 20.3. The zero-order chi connectivity index (χ0) is 20.0. The summed E-state index contributed by atoms with van der Waals surface area (Å²) < 4.78 is 33.9. The molecule has 0 amide bonds. The second-order valence-electron chi connectivity index (χ2n) is 5.87. The monoisotopic (exact) mass is 425 g/mol. The van der Waals surface area contributed by atoms with Crippen molar-refractivity contribution >= 4 is 32.2 Å². The van der Waals surface area contributed by atoms with Crippen LogP contribution in [0.4, 0.5) is 5.82 Å². The minimum absolute atomic E-state index is 0.102. The summed E-state index contributed by atoms with van der Waals surface area (Å²) in [6.45, 7) is -0.688. The smallest absolute Gasteiger partial charge is 0.340 e. The topological polar surface area (TPSA) is 223 Å². The Bertz CT molecular complexity index is 932. The fourth-order valence-corrected chi connectivity index (χ4v) is 5.19. The summed E-state index contributed by atoms with van der Waals surface area (Å²) >= 11 is 0. The molecule has 2 aromatic heterocycles. The maximum atomic E-state index is 11.7. The van der Waals surface area contributed by atoms with Crippen molar-refractivity contribution in [1.29, 1.82) is 0 Å². The third-order valence-electron chi connectivity index (χ3n) is 3.80. The molecule has 5 unspecified atom stereocenters. The number of ether oxygens (including phenoxy) is 1. The van der Waals surface area contributed by atoms with E-state index in [2.05, 4.69) is 19.5 Å². The number of nitrogens with zero attached hydrogens (tertiary/aromatic N) is 4. The van der Waals surface area contributed by atoms with Crippen molar-refractivity contribution in [2.24, 2.45) is 0 Å². The normalized spacial score (nSPS) is 28.5. The number of aromatic nitrogens is 4. The maximum Gasteiger partial charge on any atom is 0.340 e. The van der Waals surface area contributed by atoms with Crippen LogP contribution in [0.5, 0.6) is 0 Å². The zero-order valence-corrected chi connectivity index (χ0v) is 15.3. The van der Waals surface area contributed by atoms with Crippen molar-refractivity contribution in [3.05, 3.63) is 12.7 Å². The summed E-state index contributed by atoms with van der Waals surface area (Å²) in [6.07, 6.45) is -2.94. The molecule has 1 saturated heterocycles. The van der Waals surface area contributed by atoms with Crippen LogP contribution in [-0.4, -0.2) is 75.2 Å². The van der Waals surface area contributed by atoms with Crippen molar-refractivity contribution in [1.82, 2.24) is 19.5 Å². The number of nitrogens with two attached hydrogens (primary N) is 1. The van der Waals surface area contributed by atoms with Gasteiger partial charge in [-0.2, -0.15) is 0 Å². The fraction of sp³-hybridized carbons (Fsp3) is 0.545. The lowest BCUT2D eigenvalue weighted by atomic mass is 10.1. The first-order chi connectivity index (χ1) is 12.5. The summed E-state index contributed by atoms with van der Waals surface area (Å²) in [5, 5.41) is 20.3. The average molecular weight is 425 g/mol. The van der Waals surface area contributed by atoms with Gasteiger partial charge in [-0.1, -0.05) is 0 Å². The third kappa shape index (κ3) is 4.35. The van der Waals surface area contributed by atoms with Gasteiger partial charge in [0.05, 0.1) is 12.9 Å². The number of fused-ring (bicyclic) bond motifs is 1. The number of hydrogen-bond donors (Lipinski definition) is 6. The van der Waals surface area contributed by atoms with Gasteiger partial charge in [0.2, 0.25) is 0 Å². The summed E-state index contributed by atoms with van der Waals surface area (Å²) in [6, 6.07) is 0. The van der Waals surface area contributed by atoms with Crippen molar-refractivity contribution < 1.29 is 43.3 Å². The van der Waals surface area contributed by atoms with Crippen LogP contribution in [0.2, 0.25) is 0 Å². The molecule has 0 aliphatic carbocycles. The molecule has 0 aromatic carbocycles. The first-order valence-corrected chi connectivity index (χ1v) is 11.0. The Labute approximate surface area is 151 Å². The van der Waals surface area contributed by atoms with Crippen molar-refractivity contribution in [3.63, 3.8) is 0 Å². The number of rotatable bonds is 6. The SMILES string of the molecule is Nc1ncnc2c1ncn2C1OC(COP(=O)(O)CP(=O)(O)O)C(O)C1O. The molecule has 2 aromatic rings. The van der Waals surface area contributed by atoms with Crippen LogP contribution in [0.25, 0.3) is 11.2 Å². The highest BCUT2D eigenvalue weighted by molar-refractivity contribution is 7.70. The van der Waals surface area contributed by atoms with Crippen molar-refractivity contribution in [3.8, 4) is 0 Å². The highest BCUT2D eigenvalue weighted by atomic mass is 31.2. The van der Waals surface area contributed by atoms with Crippen LogP contribution in [-0.2, 0) is 18.4 Å². The number of aliphatic hydroxyl groups is 2. The van der Waals surface area contributed by atoms with E-state index in [9.17, 15) is 24.2 Å². The van der Waals surface area contributed by atoms with Gasteiger partial charge in [-0.25, -0.2) is 15.0 Å². The number of imidazole rings is 1. The number of anilines is 1. The summed E-state index contributed by atoms with van der Waals surface area (Å²) in [4.78, 5) is 38.8. The Morgan fingerprint density at radius 1 is 1.19 bits per heavy atom. The predicted molar refractivity (Wildman–Crippen MR) is 88.3 cm³/mol. The summed E-state index contributed by atoms with van der Waals surface area (Å²) in [5.41, 5.74) is 6.17. The van der Waals surface area contributed by atoms with E-state index in [1.54, 1.807) is 0 Å². The fourth-order valence-electron chi connectivity index (χ4n) is 2.62. The van der Waals surface area contributed by atoms with Crippen LogP contribution in [0.15, 0.2) is 12.7 Å². The number of aliphatic hydroxyl groups excluding tert-OH is 2. The van der Waals surface area contributed by atoms with E-state index in [0.29, 0.717) is 0 Å².